The largest absolute Gasteiger partial charge is 0.441 e. The Hall–Kier alpha value is -1.92. The number of aliphatic hydroxyl groups excluding tert-OH is 1. The highest BCUT2D eigenvalue weighted by atomic mass is 32.1. The van der Waals surface area contributed by atoms with Gasteiger partial charge < -0.3 is 9.84 Å². The number of anilines is 1. The van der Waals surface area contributed by atoms with Crippen LogP contribution >= 0.6 is 11.3 Å². The number of rotatable bonds is 3. The standard InChI is InChI=1S/C13H12N2O3S/c16-8-9-7-15(13(17)18-9)12-5-4-11(19-12)10-3-1-2-6-14-10/h1-6,9,16H,7-8H2/t9-/m1/s1. The lowest BCUT2D eigenvalue weighted by molar-refractivity contribution is 0.0963. The molecule has 3 heterocycles. The Morgan fingerprint density at radius 3 is 3.00 bits per heavy atom. The normalized spacial score (nSPS) is 18.7. The van der Waals surface area contributed by atoms with Gasteiger partial charge in [0.05, 0.1) is 23.7 Å². The predicted molar refractivity (Wildman–Crippen MR) is 72.3 cm³/mol. The monoisotopic (exact) mass is 276 g/mol. The van der Waals surface area contributed by atoms with Gasteiger partial charge in [0.25, 0.3) is 0 Å². The second-order valence-electron chi connectivity index (χ2n) is 4.15. The number of hydrogen-bond donors (Lipinski definition) is 1. The maximum absolute atomic E-state index is 11.7. The van der Waals surface area contributed by atoms with Crippen molar-refractivity contribution < 1.29 is 14.6 Å². The third kappa shape index (κ3) is 2.32. The smallest absolute Gasteiger partial charge is 0.415 e. The van der Waals surface area contributed by atoms with Crippen LogP contribution in [0.25, 0.3) is 10.6 Å². The molecular formula is C13H12N2O3S. The highest BCUT2D eigenvalue weighted by Crippen LogP contribution is 2.34. The number of amides is 1. The van der Waals surface area contributed by atoms with E-state index in [4.69, 9.17) is 9.84 Å². The van der Waals surface area contributed by atoms with E-state index in [1.807, 2.05) is 30.3 Å². The van der Waals surface area contributed by atoms with Crippen LogP contribution in [0.1, 0.15) is 0 Å². The molecule has 1 aliphatic rings. The lowest BCUT2D eigenvalue weighted by Gasteiger charge is -2.08. The van der Waals surface area contributed by atoms with Gasteiger partial charge in [-0.3, -0.25) is 9.88 Å². The van der Waals surface area contributed by atoms with Gasteiger partial charge in [0.2, 0.25) is 0 Å². The third-order valence-electron chi connectivity index (χ3n) is 2.85. The number of hydrogen-bond acceptors (Lipinski definition) is 5. The van der Waals surface area contributed by atoms with E-state index in [9.17, 15) is 4.79 Å². The van der Waals surface area contributed by atoms with E-state index in [0.29, 0.717) is 6.54 Å². The molecule has 1 saturated heterocycles. The van der Waals surface area contributed by atoms with Crippen LogP contribution in [0.5, 0.6) is 0 Å². The Labute approximate surface area is 114 Å². The van der Waals surface area contributed by atoms with Crippen LogP contribution < -0.4 is 4.90 Å². The summed E-state index contributed by atoms with van der Waals surface area (Å²) in [6.45, 7) is 0.234. The minimum absolute atomic E-state index is 0.152. The molecule has 1 amide bonds. The van der Waals surface area contributed by atoms with Gasteiger partial charge in [-0.2, -0.15) is 0 Å². The van der Waals surface area contributed by atoms with Crippen LogP contribution in [-0.2, 0) is 4.74 Å². The molecule has 98 valence electrons. The summed E-state index contributed by atoms with van der Waals surface area (Å²) in [7, 11) is 0. The molecule has 6 heteroatoms. The number of cyclic esters (lactones) is 1. The van der Waals surface area contributed by atoms with E-state index in [2.05, 4.69) is 4.98 Å². The average Bonchev–Trinajstić information content (AvgIpc) is 3.06. The Kier molecular flexibility index (Phi) is 3.18. The Morgan fingerprint density at radius 2 is 2.32 bits per heavy atom. The van der Waals surface area contributed by atoms with Gasteiger partial charge >= 0.3 is 6.09 Å². The number of carbonyl (C=O) groups excluding carboxylic acids is 1. The van der Waals surface area contributed by atoms with Gasteiger partial charge in [-0.1, -0.05) is 6.07 Å². The first-order chi connectivity index (χ1) is 9.28. The number of thiophene rings is 1. The number of nitrogens with zero attached hydrogens (tertiary/aromatic N) is 2. The summed E-state index contributed by atoms with van der Waals surface area (Å²) in [5, 5.41) is 9.83. The van der Waals surface area contributed by atoms with Crippen LogP contribution in [0, 0.1) is 0 Å². The number of carbonyl (C=O) groups is 1. The van der Waals surface area contributed by atoms with Crippen molar-refractivity contribution in [3.63, 3.8) is 0 Å². The first kappa shape index (κ1) is 12.1. The van der Waals surface area contributed by atoms with E-state index in [-0.39, 0.29) is 6.61 Å². The molecule has 19 heavy (non-hydrogen) atoms. The van der Waals surface area contributed by atoms with E-state index in [1.165, 1.54) is 16.2 Å². The SMILES string of the molecule is O=C1O[C@@H](CO)CN1c1ccc(-c2ccccn2)s1. The lowest BCUT2D eigenvalue weighted by atomic mass is 10.3. The topological polar surface area (TPSA) is 62.7 Å². The first-order valence-corrected chi connectivity index (χ1v) is 6.70. The number of aromatic nitrogens is 1. The number of pyridine rings is 1. The van der Waals surface area contributed by atoms with Crippen molar-refractivity contribution >= 4 is 22.4 Å². The van der Waals surface area contributed by atoms with Gasteiger partial charge in [-0.15, -0.1) is 11.3 Å². The van der Waals surface area contributed by atoms with Gasteiger partial charge in [0.15, 0.2) is 0 Å². The summed E-state index contributed by atoms with van der Waals surface area (Å²) >= 11 is 1.48. The fourth-order valence-electron chi connectivity index (χ4n) is 1.92. The van der Waals surface area contributed by atoms with E-state index in [0.717, 1.165) is 15.6 Å². The highest BCUT2D eigenvalue weighted by molar-refractivity contribution is 7.19. The van der Waals surface area contributed by atoms with Crippen LogP contribution in [0.15, 0.2) is 36.5 Å². The fourth-order valence-corrected chi connectivity index (χ4v) is 2.90. The molecule has 1 fully saturated rings. The Morgan fingerprint density at radius 1 is 1.42 bits per heavy atom. The van der Waals surface area contributed by atoms with Crippen LogP contribution in [0.2, 0.25) is 0 Å². The molecule has 3 rings (SSSR count). The Balaban J connectivity index is 1.84. The molecule has 0 saturated carbocycles. The summed E-state index contributed by atoms with van der Waals surface area (Å²) in [6, 6.07) is 9.52. The summed E-state index contributed by atoms with van der Waals surface area (Å²) in [5.41, 5.74) is 0.880. The molecule has 0 spiro atoms. The lowest BCUT2D eigenvalue weighted by Crippen LogP contribution is -2.24. The summed E-state index contributed by atoms with van der Waals surface area (Å²) in [5.74, 6) is 0. The van der Waals surface area contributed by atoms with Crippen molar-refractivity contribution in [3.8, 4) is 10.6 Å². The van der Waals surface area contributed by atoms with Crippen molar-refractivity contribution in [2.24, 2.45) is 0 Å². The summed E-state index contributed by atoms with van der Waals surface area (Å²) in [4.78, 5) is 18.5. The summed E-state index contributed by atoms with van der Waals surface area (Å²) < 4.78 is 5.02. The average molecular weight is 276 g/mol. The van der Waals surface area contributed by atoms with Crippen molar-refractivity contribution in [2.75, 3.05) is 18.1 Å². The molecule has 2 aromatic heterocycles. The summed E-state index contributed by atoms with van der Waals surface area (Å²) in [6.07, 6.45) is 0.891. The van der Waals surface area contributed by atoms with Crippen LogP contribution in [0.4, 0.5) is 9.80 Å². The molecule has 0 aromatic carbocycles. The first-order valence-electron chi connectivity index (χ1n) is 5.88. The minimum Gasteiger partial charge on any atom is -0.441 e. The molecule has 1 aliphatic heterocycles. The Bertz CT molecular complexity index is 585. The second-order valence-corrected chi connectivity index (χ2v) is 5.21. The van der Waals surface area contributed by atoms with E-state index in [1.54, 1.807) is 6.20 Å². The molecule has 1 N–H and O–H groups in total. The third-order valence-corrected chi connectivity index (χ3v) is 3.98. The second kappa shape index (κ2) is 4.99. The molecule has 5 nitrogen and oxygen atoms in total. The molecule has 0 unspecified atom stereocenters. The molecular weight excluding hydrogens is 264 g/mol. The predicted octanol–water partition coefficient (Wildman–Crippen LogP) is 2.13. The highest BCUT2D eigenvalue weighted by Gasteiger charge is 2.32. The number of ether oxygens (including phenoxy) is 1. The van der Waals surface area contributed by atoms with Crippen molar-refractivity contribution in [1.29, 1.82) is 0 Å². The molecule has 1 atom stereocenters. The molecule has 2 aromatic rings. The zero-order valence-corrected chi connectivity index (χ0v) is 10.8. The zero-order valence-electron chi connectivity index (χ0n) is 10.0. The van der Waals surface area contributed by atoms with Crippen molar-refractivity contribution in [3.05, 3.63) is 36.5 Å². The van der Waals surface area contributed by atoms with Crippen molar-refractivity contribution in [1.82, 2.24) is 4.98 Å². The van der Waals surface area contributed by atoms with Gasteiger partial charge in [-0.05, 0) is 24.3 Å². The zero-order chi connectivity index (χ0) is 13.2. The minimum atomic E-state index is -0.437. The van der Waals surface area contributed by atoms with Gasteiger partial charge in [0.1, 0.15) is 11.1 Å². The number of aliphatic hydroxyl groups is 1. The maximum atomic E-state index is 11.7. The van der Waals surface area contributed by atoms with E-state index >= 15 is 0 Å². The van der Waals surface area contributed by atoms with Crippen LogP contribution in [0.3, 0.4) is 0 Å². The van der Waals surface area contributed by atoms with Crippen LogP contribution in [-0.4, -0.2) is 35.4 Å². The molecule has 0 radical (unpaired) electrons. The fraction of sp³-hybridized carbons (Fsp3) is 0.231. The van der Waals surface area contributed by atoms with Gasteiger partial charge in [0, 0.05) is 6.20 Å². The quantitative estimate of drug-likeness (QED) is 0.932. The van der Waals surface area contributed by atoms with Gasteiger partial charge in [-0.25, -0.2) is 4.79 Å². The molecule has 0 bridgehead atoms. The molecule has 0 aliphatic carbocycles. The van der Waals surface area contributed by atoms with E-state index < -0.39 is 12.2 Å². The van der Waals surface area contributed by atoms with Crippen molar-refractivity contribution in [2.45, 2.75) is 6.10 Å². The maximum Gasteiger partial charge on any atom is 0.415 e.